The Hall–Kier alpha value is -1.54. The molecule has 2 rings (SSSR count). The minimum absolute atomic E-state index is 0.0497. The molecule has 0 aromatic carbocycles. The van der Waals surface area contributed by atoms with Gasteiger partial charge in [-0.15, -0.1) is 0 Å². The molecule has 0 aliphatic carbocycles. The smallest absolute Gasteiger partial charge is 0.217 e. The van der Waals surface area contributed by atoms with Crippen molar-refractivity contribution in [3.8, 4) is 0 Å². The molecule has 216 valence electrons. The first-order valence-electron chi connectivity index (χ1n) is 11.8. The van der Waals surface area contributed by atoms with Gasteiger partial charge in [0.1, 0.15) is 48.8 Å². The van der Waals surface area contributed by atoms with Gasteiger partial charge in [-0.1, -0.05) is 0 Å². The summed E-state index contributed by atoms with van der Waals surface area (Å²) in [5, 5.41) is 78.4. The zero-order valence-electron chi connectivity index (χ0n) is 20.1. The molecule has 2 saturated heterocycles. The first kappa shape index (κ1) is 31.7. The summed E-state index contributed by atoms with van der Waals surface area (Å²) in [5.74, 6) is -1.55. The average Bonchev–Trinajstić information content (AvgIpc) is 2.83. The Morgan fingerprint density at radius 3 is 1.30 bits per heavy atom. The third-order valence-electron chi connectivity index (χ3n) is 6.62. The molecule has 37 heavy (non-hydrogen) atoms. The van der Waals surface area contributed by atoms with Gasteiger partial charge in [-0.05, 0) is 18.3 Å². The maximum atomic E-state index is 11.8. The van der Waals surface area contributed by atoms with Crippen molar-refractivity contribution >= 4 is 11.8 Å². The van der Waals surface area contributed by atoms with Gasteiger partial charge in [-0.3, -0.25) is 9.59 Å². The summed E-state index contributed by atoms with van der Waals surface area (Å²) in [7, 11) is 0. The van der Waals surface area contributed by atoms with Crippen LogP contribution < -0.4 is 11.5 Å². The Morgan fingerprint density at radius 2 is 1.00 bits per heavy atom. The zero-order valence-corrected chi connectivity index (χ0v) is 20.1. The summed E-state index contributed by atoms with van der Waals surface area (Å²) in [5.41, 5.74) is 9.55. The molecule has 16 nitrogen and oxygen atoms in total. The maximum absolute atomic E-state index is 11.8. The highest BCUT2D eigenvalue weighted by Gasteiger charge is 2.46. The summed E-state index contributed by atoms with van der Waals surface area (Å²) in [6.45, 7) is -1.81. The first-order chi connectivity index (χ1) is 17.4. The van der Waals surface area contributed by atoms with Gasteiger partial charge in [0.15, 0.2) is 12.6 Å². The van der Waals surface area contributed by atoms with E-state index in [1.54, 1.807) is 0 Å². The minimum atomic E-state index is -1.66. The van der Waals surface area contributed by atoms with Gasteiger partial charge in [-0.2, -0.15) is 0 Å². The highest BCUT2D eigenvalue weighted by molar-refractivity contribution is 5.78. The van der Waals surface area contributed by atoms with Gasteiger partial charge in [-0.25, -0.2) is 0 Å². The van der Waals surface area contributed by atoms with Crippen molar-refractivity contribution in [1.29, 1.82) is 0 Å². The molecular weight excluding hydrogens is 504 g/mol. The van der Waals surface area contributed by atoms with Crippen LogP contribution in [0.25, 0.3) is 0 Å². The number of rotatable bonds is 14. The Morgan fingerprint density at radius 1 is 0.649 bits per heavy atom. The second kappa shape index (κ2) is 14.0. The lowest BCUT2D eigenvalue weighted by molar-refractivity contribution is -0.304. The first-order valence-corrected chi connectivity index (χ1v) is 11.8. The summed E-state index contributed by atoms with van der Waals surface area (Å²) in [4.78, 5) is 23.7. The fraction of sp³-hybridized carbons (Fsp3) is 0.905. The molecule has 10 atom stereocenters. The summed E-state index contributed by atoms with van der Waals surface area (Å²) >= 11 is 0. The highest BCUT2D eigenvalue weighted by atomic mass is 16.7. The highest BCUT2D eigenvalue weighted by Crippen LogP contribution is 2.36. The number of nitrogens with two attached hydrogens (primary N) is 2. The number of aliphatic hydroxyl groups is 8. The van der Waals surface area contributed by atoms with Gasteiger partial charge in [0, 0.05) is 12.8 Å². The van der Waals surface area contributed by atoms with Gasteiger partial charge in [0.2, 0.25) is 11.8 Å². The molecule has 2 aliphatic rings. The summed E-state index contributed by atoms with van der Waals surface area (Å²) < 4.78 is 21.5. The van der Waals surface area contributed by atoms with E-state index in [4.69, 9.17) is 30.4 Å². The van der Waals surface area contributed by atoms with E-state index in [0.717, 1.165) is 0 Å². The monoisotopic (exact) mass is 542 g/mol. The lowest BCUT2D eigenvalue weighted by atomic mass is 9.75. The zero-order chi connectivity index (χ0) is 27.9. The molecule has 2 amide bonds. The largest absolute Gasteiger partial charge is 0.394 e. The van der Waals surface area contributed by atoms with E-state index in [-0.39, 0.29) is 38.9 Å². The number of carbonyl (C=O) groups is 2. The number of amides is 2. The van der Waals surface area contributed by atoms with E-state index in [1.165, 1.54) is 0 Å². The van der Waals surface area contributed by atoms with E-state index < -0.39 is 91.9 Å². The van der Waals surface area contributed by atoms with Crippen molar-refractivity contribution in [2.75, 3.05) is 26.4 Å². The molecule has 0 saturated carbocycles. The lowest BCUT2D eigenvalue weighted by Crippen LogP contribution is -2.59. The van der Waals surface area contributed by atoms with Crippen molar-refractivity contribution in [2.24, 2.45) is 16.9 Å². The van der Waals surface area contributed by atoms with Crippen molar-refractivity contribution in [1.82, 2.24) is 0 Å². The van der Waals surface area contributed by atoms with E-state index in [0.29, 0.717) is 0 Å². The van der Waals surface area contributed by atoms with Crippen molar-refractivity contribution in [3.05, 3.63) is 0 Å². The molecule has 0 aromatic rings. The van der Waals surface area contributed by atoms with E-state index >= 15 is 0 Å². The quantitative estimate of drug-likeness (QED) is 0.0978. The van der Waals surface area contributed by atoms with Crippen LogP contribution in [0.2, 0.25) is 0 Å². The summed E-state index contributed by atoms with van der Waals surface area (Å²) in [6, 6.07) is 0. The lowest BCUT2D eigenvalue weighted by Gasteiger charge is -2.41. The fourth-order valence-electron chi connectivity index (χ4n) is 4.47. The topological polar surface area (TPSA) is 285 Å². The van der Waals surface area contributed by atoms with Gasteiger partial charge >= 0.3 is 0 Å². The van der Waals surface area contributed by atoms with Crippen LogP contribution in [-0.4, -0.2) is 141 Å². The van der Waals surface area contributed by atoms with Gasteiger partial charge in [0.25, 0.3) is 0 Å². The van der Waals surface area contributed by atoms with E-state index in [2.05, 4.69) is 0 Å². The molecule has 2 heterocycles. The van der Waals surface area contributed by atoms with Crippen LogP contribution >= 0.6 is 0 Å². The van der Waals surface area contributed by atoms with Crippen LogP contribution in [0.3, 0.4) is 0 Å². The second-order valence-corrected chi connectivity index (χ2v) is 9.42. The Bertz CT molecular complexity index is 680. The van der Waals surface area contributed by atoms with Crippen LogP contribution in [0.1, 0.15) is 25.7 Å². The van der Waals surface area contributed by atoms with Crippen LogP contribution in [0.15, 0.2) is 0 Å². The number of hydrogen-bond donors (Lipinski definition) is 10. The molecular formula is C21H38N2O14. The fourth-order valence-corrected chi connectivity index (χ4v) is 4.47. The molecule has 12 N–H and O–H groups in total. The summed E-state index contributed by atoms with van der Waals surface area (Å²) in [6.07, 6.45) is -15.9. The predicted octanol–water partition coefficient (Wildman–Crippen LogP) is -5.86. The third-order valence-corrected chi connectivity index (χ3v) is 6.62. The predicted molar refractivity (Wildman–Crippen MR) is 119 cm³/mol. The Labute approximate surface area is 212 Å². The van der Waals surface area contributed by atoms with Crippen molar-refractivity contribution in [2.45, 2.75) is 87.1 Å². The molecule has 0 spiro atoms. The van der Waals surface area contributed by atoms with E-state index in [1.807, 2.05) is 0 Å². The Kier molecular flexibility index (Phi) is 12.0. The Balaban J connectivity index is 2.06. The minimum Gasteiger partial charge on any atom is -0.394 e. The van der Waals surface area contributed by atoms with Gasteiger partial charge < -0.3 is 71.3 Å². The van der Waals surface area contributed by atoms with E-state index in [9.17, 15) is 50.4 Å². The molecule has 2 aliphatic heterocycles. The number of primary amides is 2. The third kappa shape index (κ3) is 8.22. The molecule has 16 heteroatoms. The maximum Gasteiger partial charge on any atom is 0.217 e. The van der Waals surface area contributed by atoms with Crippen LogP contribution in [0, 0.1) is 5.41 Å². The second-order valence-electron chi connectivity index (χ2n) is 9.42. The number of aliphatic hydroxyl groups excluding tert-OH is 8. The van der Waals surface area contributed by atoms with Gasteiger partial charge in [0.05, 0.1) is 26.4 Å². The molecule has 0 unspecified atom stereocenters. The number of ether oxygens (including phenoxy) is 4. The van der Waals surface area contributed by atoms with Crippen LogP contribution in [0.5, 0.6) is 0 Å². The molecule has 0 radical (unpaired) electrons. The number of carbonyl (C=O) groups excluding carboxylic acids is 2. The SMILES string of the molecule is NC(=O)CC(CCO[C@H]1O[C@H](CO)[C@@H](O)[C@H](O)[C@@H]1O)(CCO[C@H]1O[C@H](CO)[C@@H](O)[C@H](O)[C@@H]1O)CC(N)=O. The molecule has 0 aromatic heterocycles. The average molecular weight is 543 g/mol. The standard InChI is InChI=1S/C21H38N2O14/c22-11(26)5-21(6-12(23)27,1-3-34-19-17(32)15(30)13(28)9(7-24)36-19)2-4-35-20-18(33)16(31)14(29)10(8-25)37-20/h9-10,13-20,24-25,28-33H,1-8H2,(H2,22,26)(H2,23,27)/t9-,10-,13-,14-,15+,16+,17+,18+,19+,20+/m1/s1. The van der Waals surface area contributed by atoms with Crippen molar-refractivity contribution in [3.63, 3.8) is 0 Å². The molecule has 0 bridgehead atoms. The number of hydrogen-bond acceptors (Lipinski definition) is 14. The van der Waals surface area contributed by atoms with Crippen molar-refractivity contribution < 1.29 is 69.4 Å². The van der Waals surface area contributed by atoms with Crippen LogP contribution in [0.4, 0.5) is 0 Å². The van der Waals surface area contributed by atoms with Crippen LogP contribution in [-0.2, 0) is 28.5 Å². The molecule has 2 fully saturated rings. The normalized spacial score (nSPS) is 36.9.